The fourth-order valence-corrected chi connectivity index (χ4v) is 3.35. The van der Waals surface area contributed by atoms with E-state index in [1.165, 1.54) is 17.4 Å². The van der Waals surface area contributed by atoms with Crippen LogP contribution in [-0.2, 0) is 0 Å². The molecule has 0 amide bonds. The number of benzene rings is 1. The molecule has 0 radical (unpaired) electrons. The lowest BCUT2D eigenvalue weighted by Gasteiger charge is -2.09. The van der Waals surface area contributed by atoms with Crippen LogP contribution in [0.25, 0.3) is 0 Å². The Morgan fingerprint density at radius 1 is 1.38 bits per heavy atom. The van der Waals surface area contributed by atoms with Crippen molar-refractivity contribution in [1.82, 2.24) is 0 Å². The Hall–Kier alpha value is -1.73. The molecule has 0 atom stereocenters. The lowest BCUT2D eigenvalue weighted by atomic mass is 10.1. The highest BCUT2D eigenvalue weighted by Crippen LogP contribution is 2.28. The number of ketones is 1. The zero-order valence-corrected chi connectivity index (χ0v) is 13.8. The van der Waals surface area contributed by atoms with E-state index in [0.717, 1.165) is 4.47 Å². The summed E-state index contributed by atoms with van der Waals surface area (Å²) in [5.41, 5.74) is 1.18. The normalized spacial score (nSPS) is 10.4. The number of aryl methyl sites for hydroxylation is 2. The Kier molecular flexibility index (Phi) is 4.74. The summed E-state index contributed by atoms with van der Waals surface area (Å²) in [7, 11) is 0. The number of carbonyl (C=O) groups is 1. The smallest absolute Gasteiger partial charge is 0.272 e. The Bertz CT molecular complexity index is 711. The molecule has 110 valence electrons. The van der Waals surface area contributed by atoms with Crippen molar-refractivity contribution in [3.05, 3.63) is 54.2 Å². The highest BCUT2D eigenvalue weighted by molar-refractivity contribution is 9.10. The topological polar surface area (TPSA) is 69.4 Å². The average Bonchev–Trinajstić information content (AvgIpc) is 2.85. The van der Waals surface area contributed by atoms with Crippen molar-refractivity contribution < 1.29 is 14.5 Å². The van der Waals surface area contributed by atoms with E-state index in [1.54, 1.807) is 26.0 Å². The standard InChI is InChI=1S/C14H12BrNO4S/c1-8-6-13(9(2)5-11(8)16(18)19)20-7-12(17)14-10(15)3-4-21-14/h3-6H,7H2,1-2H3. The Balaban J connectivity index is 2.14. The third-order valence-electron chi connectivity index (χ3n) is 2.92. The molecule has 5 nitrogen and oxygen atoms in total. The van der Waals surface area contributed by atoms with E-state index in [-0.39, 0.29) is 18.1 Å². The van der Waals surface area contributed by atoms with Crippen molar-refractivity contribution in [2.75, 3.05) is 6.61 Å². The van der Waals surface area contributed by atoms with Crippen molar-refractivity contribution in [1.29, 1.82) is 0 Å². The van der Waals surface area contributed by atoms with Crippen LogP contribution in [-0.4, -0.2) is 17.3 Å². The van der Waals surface area contributed by atoms with Crippen molar-refractivity contribution in [3.8, 4) is 5.75 Å². The first-order chi connectivity index (χ1) is 9.90. The molecule has 7 heteroatoms. The van der Waals surface area contributed by atoms with Gasteiger partial charge in [-0.05, 0) is 52.9 Å². The van der Waals surface area contributed by atoms with Crippen molar-refractivity contribution in [3.63, 3.8) is 0 Å². The first-order valence-electron chi connectivity index (χ1n) is 6.04. The molecule has 0 spiro atoms. The fraction of sp³-hybridized carbons (Fsp3) is 0.214. The maximum atomic E-state index is 12.0. The monoisotopic (exact) mass is 369 g/mol. The number of hydrogen-bond donors (Lipinski definition) is 0. The van der Waals surface area contributed by atoms with E-state index in [0.29, 0.717) is 21.8 Å². The zero-order valence-electron chi connectivity index (χ0n) is 11.4. The molecule has 0 N–H and O–H groups in total. The number of thiophene rings is 1. The van der Waals surface area contributed by atoms with Gasteiger partial charge >= 0.3 is 0 Å². The summed E-state index contributed by atoms with van der Waals surface area (Å²) in [6.07, 6.45) is 0. The largest absolute Gasteiger partial charge is 0.485 e. The maximum Gasteiger partial charge on any atom is 0.272 e. The van der Waals surface area contributed by atoms with Gasteiger partial charge in [0.05, 0.1) is 9.80 Å². The first-order valence-corrected chi connectivity index (χ1v) is 7.72. The van der Waals surface area contributed by atoms with Crippen molar-refractivity contribution in [2.24, 2.45) is 0 Å². The zero-order chi connectivity index (χ0) is 15.6. The number of Topliss-reactive ketones (excluding diaryl/α,β-unsaturated/α-hetero) is 1. The van der Waals surface area contributed by atoms with E-state index in [4.69, 9.17) is 4.74 Å². The van der Waals surface area contributed by atoms with Gasteiger partial charge in [-0.15, -0.1) is 11.3 Å². The molecule has 0 bridgehead atoms. The minimum atomic E-state index is -0.431. The summed E-state index contributed by atoms with van der Waals surface area (Å²) in [6, 6.07) is 4.85. The molecule has 2 rings (SSSR count). The van der Waals surface area contributed by atoms with Crippen LogP contribution in [0.1, 0.15) is 20.8 Å². The molecule has 0 aliphatic rings. The van der Waals surface area contributed by atoms with Crippen LogP contribution >= 0.6 is 27.3 Å². The molecule has 0 aliphatic carbocycles. The molecule has 2 aromatic rings. The van der Waals surface area contributed by atoms with E-state index < -0.39 is 4.92 Å². The maximum absolute atomic E-state index is 12.0. The lowest BCUT2D eigenvalue weighted by molar-refractivity contribution is -0.385. The third kappa shape index (κ3) is 3.48. The molecule has 0 unspecified atom stereocenters. The SMILES string of the molecule is Cc1cc([N+](=O)[O-])c(C)cc1OCC(=O)c1sccc1Br. The number of rotatable bonds is 5. The minimum absolute atomic E-state index is 0.0483. The highest BCUT2D eigenvalue weighted by Gasteiger charge is 2.16. The molecule has 0 aliphatic heterocycles. The second kappa shape index (κ2) is 6.36. The van der Waals surface area contributed by atoms with E-state index in [9.17, 15) is 14.9 Å². The molecule has 0 fully saturated rings. The Morgan fingerprint density at radius 3 is 2.67 bits per heavy atom. The van der Waals surface area contributed by atoms with Crippen LogP contribution < -0.4 is 4.74 Å². The molecule has 21 heavy (non-hydrogen) atoms. The lowest BCUT2D eigenvalue weighted by Crippen LogP contribution is -2.11. The van der Waals surface area contributed by atoms with Crippen molar-refractivity contribution in [2.45, 2.75) is 13.8 Å². The van der Waals surface area contributed by atoms with Crippen LogP contribution in [0.2, 0.25) is 0 Å². The summed E-state index contributed by atoms with van der Waals surface area (Å²) in [5.74, 6) is 0.353. The van der Waals surface area contributed by atoms with Gasteiger partial charge in [0.1, 0.15) is 5.75 Å². The van der Waals surface area contributed by atoms with Gasteiger partial charge in [0.25, 0.3) is 5.69 Å². The molecular formula is C14H12BrNO4S. The third-order valence-corrected chi connectivity index (χ3v) is 4.80. The van der Waals surface area contributed by atoms with Crippen LogP contribution in [0, 0.1) is 24.0 Å². The summed E-state index contributed by atoms with van der Waals surface area (Å²) in [5, 5.41) is 12.7. The van der Waals surface area contributed by atoms with E-state index >= 15 is 0 Å². The number of carbonyl (C=O) groups excluding carboxylic acids is 1. The number of nitro benzene ring substituents is 1. The van der Waals surface area contributed by atoms with Gasteiger partial charge < -0.3 is 4.74 Å². The molecule has 0 saturated carbocycles. The first kappa shape index (κ1) is 15.7. The highest BCUT2D eigenvalue weighted by atomic mass is 79.9. The molecule has 0 saturated heterocycles. The minimum Gasteiger partial charge on any atom is -0.485 e. The second-order valence-corrected chi connectivity index (χ2v) is 6.24. The summed E-state index contributed by atoms with van der Waals surface area (Å²) >= 11 is 4.64. The van der Waals surface area contributed by atoms with E-state index in [1.807, 2.05) is 5.38 Å². The van der Waals surface area contributed by atoms with Crippen LogP contribution in [0.15, 0.2) is 28.1 Å². The molecular weight excluding hydrogens is 358 g/mol. The molecule has 1 aromatic carbocycles. The van der Waals surface area contributed by atoms with Gasteiger partial charge in [0, 0.05) is 16.1 Å². The Morgan fingerprint density at radius 2 is 2.10 bits per heavy atom. The molecule has 1 aromatic heterocycles. The van der Waals surface area contributed by atoms with Gasteiger partial charge in [0.2, 0.25) is 5.78 Å². The van der Waals surface area contributed by atoms with Gasteiger partial charge in [-0.2, -0.15) is 0 Å². The predicted octanol–water partition coefficient (Wildman–Crippen LogP) is 4.30. The summed E-state index contributed by atoms with van der Waals surface area (Å²) < 4.78 is 6.25. The summed E-state index contributed by atoms with van der Waals surface area (Å²) in [6.45, 7) is 3.26. The van der Waals surface area contributed by atoms with Gasteiger partial charge in [-0.3, -0.25) is 14.9 Å². The van der Waals surface area contributed by atoms with Crippen molar-refractivity contribution >= 4 is 38.7 Å². The quantitative estimate of drug-likeness (QED) is 0.447. The Labute approximate surface area is 133 Å². The van der Waals surface area contributed by atoms with Gasteiger partial charge in [-0.25, -0.2) is 0 Å². The van der Waals surface area contributed by atoms with Gasteiger partial charge in [-0.1, -0.05) is 0 Å². The average molecular weight is 370 g/mol. The van der Waals surface area contributed by atoms with Crippen LogP contribution in [0.5, 0.6) is 5.75 Å². The van der Waals surface area contributed by atoms with Crippen LogP contribution in [0.4, 0.5) is 5.69 Å². The number of ether oxygens (including phenoxy) is 1. The fourth-order valence-electron chi connectivity index (χ4n) is 1.83. The number of halogens is 1. The summed E-state index contributed by atoms with van der Waals surface area (Å²) in [4.78, 5) is 23.0. The predicted molar refractivity (Wildman–Crippen MR) is 84.4 cm³/mol. The van der Waals surface area contributed by atoms with Gasteiger partial charge in [0.15, 0.2) is 6.61 Å². The number of nitrogens with zero attached hydrogens (tertiary/aromatic N) is 1. The number of hydrogen-bond acceptors (Lipinski definition) is 5. The van der Waals surface area contributed by atoms with Crippen LogP contribution in [0.3, 0.4) is 0 Å². The van der Waals surface area contributed by atoms with E-state index in [2.05, 4.69) is 15.9 Å². The molecule has 1 heterocycles. The second-order valence-electron chi connectivity index (χ2n) is 4.47. The number of nitro groups is 1.